The first kappa shape index (κ1) is 18.6. The van der Waals surface area contributed by atoms with Crippen molar-refractivity contribution in [2.45, 2.75) is 20.1 Å². The summed E-state index contributed by atoms with van der Waals surface area (Å²) in [6, 6.07) is 11.2. The molecule has 3 aromatic rings. The molecule has 7 heteroatoms. The van der Waals surface area contributed by atoms with Crippen molar-refractivity contribution in [3.05, 3.63) is 65.8 Å². The van der Waals surface area contributed by atoms with Crippen molar-refractivity contribution in [3.63, 3.8) is 0 Å². The fourth-order valence-corrected chi connectivity index (χ4v) is 2.41. The lowest BCUT2D eigenvalue weighted by molar-refractivity contribution is -0.126. The molecule has 0 saturated heterocycles. The number of hydrogen-bond acceptors (Lipinski definition) is 6. The van der Waals surface area contributed by atoms with Gasteiger partial charge in [-0.3, -0.25) is 9.78 Å². The third kappa shape index (κ3) is 5.15. The maximum Gasteiger partial charge on any atom is 0.246 e. The zero-order valence-corrected chi connectivity index (χ0v) is 15.3. The molecule has 0 aliphatic carbocycles. The number of aryl methyl sites for hydroxylation is 1. The molecule has 0 fully saturated rings. The van der Waals surface area contributed by atoms with E-state index in [1.54, 1.807) is 19.5 Å². The summed E-state index contributed by atoms with van der Waals surface area (Å²) in [5, 5.41) is 2.78. The zero-order valence-electron chi connectivity index (χ0n) is 15.3. The number of pyridine rings is 1. The Labute approximate surface area is 157 Å². The first-order chi connectivity index (χ1) is 13.2. The number of hydrogen-bond donors (Lipinski definition) is 1. The summed E-state index contributed by atoms with van der Waals surface area (Å²) in [6.45, 7) is 2.39. The lowest BCUT2D eigenvalue weighted by Crippen LogP contribution is -2.27. The van der Waals surface area contributed by atoms with Crippen LogP contribution in [0, 0.1) is 6.92 Å². The molecule has 2 aromatic heterocycles. The first-order valence-corrected chi connectivity index (χ1v) is 8.50. The summed E-state index contributed by atoms with van der Waals surface area (Å²) < 4.78 is 16.3. The number of nitrogens with one attached hydrogen (secondary N) is 1. The van der Waals surface area contributed by atoms with Gasteiger partial charge in [0, 0.05) is 24.5 Å². The highest BCUT2D eigenvalue weighted by molar-refractivity contribution is 5.77. The summed E-state index contributed by atoms with van der Waals surface area (Å²) in [6.07, 6.45) is 3.40. The predicted molar refractivity (Wildman–Crippen MR) is 99.0 cm³/mol. The molecule has 0 radical (unpaired) electrons. The first-order valence-electron chi connectivity index (χ1n) is 8.50. The number of ether oxygens (including phenoxy) is 2. The van der Waals surface area contributed by atoms with Gasteiger partial charge in [0.1, 0.15) is 23.8 Å². The van der Waals surface area contributed by atoms with E-state index in [2.05, 4.69) is 15.3 Å². The molecule has 140 valence electrons. The standard InChI is InChI=1S/C20H21N3O4/c1-14-18(23-20(27-14)16-5-7-17(25-2)8-6-16)12-26-13-19(24)22-11-15-4-3-9-21-10-15/h3-10H,11-13H2,1-2H3,(H,22,24). The van der Waals surface area contributed by atoms with Crippen LogP contribution in [0.4, 0.5) is 0 Å². The molecular formula is C20H21N3O4. The molecular weight excluding hydrogens is 346 g/mol. The zero-order chi connectivity index (χ0) is 19.1. The molecule has 3 rings (SSSR count). The van der Waals surface area contributed by atoms with Crippen LogP contribution in [0.25, 0.3) is 11.5 Å². The molecule has 0 atom stereocenters. The van der Waals surface area contributed by atoms with Gasteiger partial charge < -0.3 is 19.2 Å². The maximum atomic E-state index is 11.9. The van der Waals surface area contributed by atoms with Gasteiger partial charge in [0.25, 0.3) is 0 Å². The highest BCUT2D eigenvalue weighted by Crippen LogP contribution is 2.24. The fraction of sp³-hybridized carbons (Fsp3) is 0.250. The Morgan fingerprint density at radius 1 is 1.22 bits per heavy atom. The summed E-state index contributed by atoms with van der Waals surface area (Å²) in [5.74, 6) is 1.74. The van der Waals surface area contributed by atoms with E-state index in [4.69, 9.17) is 13.9 Å². The van der Waals surface area contributed by atoms with Crippen LogP contribution < -0.4 is 10.1 Å². The van der Waals surface area contributed by atoms with Gasteiger partial charge in [-0.2, -0.15) is 0 Å². The molecule has 0 bridgehead atoms. The second-order valence-electron chi connectivity index (χ2n) is 5.88. The maximum absolute atomic E-state index is 11.9. The second kappa shape index (κ2) is 8.95. The Bertz CT molecular complexity index is 876. The van der Waals surface area contributed by atoms with Gasteiger partial charge in [-0.25, -0.2) is 4.98 Å². The minimum Gasteiger partial charge on any atom is -0.497 e. The van der Waals surface area contributed by atoms with Crippen molar-refractivity contribution in [2.75, 3.05) is 13.7 Å². The molecule has 1 amide bonds. The summed E-state index contributed by atoms with van der Waals surface area (Å²) in [7, 11) is 1.62. The van der Waals surface area contributed by atoms with Crippen molar-refractivity contribution >= 4 is 5.91 Å². The average molecular weight is 367 g/mol. The van der Waals surface area contributed by atoms with E-state index >= 15 is 0 Å². The topological polar surface area (TPSA) is 86.5 Å². The number of oxazole rings is 1. The van der Waals surface area contributed by atoms with E-state index in [1.807, 2.05) is 43.3 Å². The van der Waals surface area contributed by atoms with Gasteiger partial charge in [-0.05, 0) is 42.8 Å². The number of rotatable bonds is 8. The molecule has 27 heavy (non-hydrogen) atoms. The van der Waals surface area contributed by atoms with Crippen LogP contribution in [0.1, 0.15) is 17.0 Å². The van der Waals surface area contributed by atoms with Crippen molar-refractivity contribution < 1.29 is 18.7 Å². The van der Waals surface area contributed by atoms with Crippen molar-refractivity contribution in [1.82, 2.24) is 15.3 Å². The van der Waals surface area contributed by atoms with E-state index in [0.29, 0.717) is 23.9 Å². The van der Waals surface area contributed by atoms with E-state index in [0.717, 1.165) is 16.9 Å². The van der Waals surface area contributed by atoms with Gasteiger partial charge >= 0.3 is 0 Å². The molecule has 1 aromatic carbocycles. The van der Waals surface area contributed by atoms with Gasteiger partial charge in [0.2, 0.25) is 11.8 Å². The van der Waals surface area contributed by atoms with Crippen LogP contribution in [-0.2, 0) is 22.7 Å². The molecule has 0 saturated carbocycles. The van der Waals surface area contributed by atoms with Gasteiger partial charge in [0.05, 0.1) is 13.7 Å². The molecule has 2 heterocycles. The van der Waals surface area contributed by atoms with Crippen LogP contribution in [0.2, 0.25) is 0 Å². The summed E-state index contributed by atoms with van der Waals surface area (Å²) >= 11 is 0. The molecule has 0 spiro atoms. The van der Waals surface area contributed by atoms with Crippen molar-refractivity contribution in [1.29, 1.82) is 0 Å². The molecule has 1 N–H and O–H groups in total. The molecule has 0 aliphatic rings. The number of amides is 1. The van der Waals surface area contributed by atoms with Gasteiger partial charge in [-0.1, -0.05) is 6.07 Å². The third-order valence-electron chi connectivity index (χ3n) is 3.91. The van der Waals surface area contributed by atoms with Crippen molar-refractivity contribution in [2.24, 2.45) is 0 Å². The van der Waals surface area contributed by atoms with Crippen LogP contribution >= 0.6 is 0 Å². The predicted octanol–water partition coefficient (Wildman–Crippen LogP) is 2.89. The van der Waals surface area contributed by atoms with Crippen molar-refractivity contribution in [3.8, 4) is 17.2 Å². The third-order valence-corrected chi connectivity index (χ3v) is 3.91. The number of methoxy groups -OCH3 is 1. The Morgan fingerprint density at radius 2 is 2.04 bits per heavy atom. The summed E-state index contributed by atoms with van der Waals surface area (Å²) in [5.41, 5.74) is 2.45. The molecule has 7 nitrogen and oxygen atoms in total. The van der Waals surface area contributed by atoms with E-state index in [-0.39, 0.29) is 19.1 Å². The minimum absolute atomic E-state index is 0.0512. The monoisotopic (exact) mass is 367 g/mol. The number of aromatic nitrogens is 2. The van der Waals surface area contributed by atoms with Crippen LogP contribution in [0.15, 0.2) is 53.2 Å². The SMILES string of the molecule is COc1ccc(-c2nc(COCC(=O)NCc3cccnc3)c(C)o2)cc1. The Morgan fingerprint density at radius 3 is 2.74 bits per heavy atom. The Hall–Kier alpha value is -3.19. The minimum atomic E-state index is -0.199. The smallest absolute Gasteiger partial charge is 0.246 e. The normalized spacial score (nSPS) is 10.6. The lowest BCUT2D eigenvalue weighted by atomic mass is 10.2. The fourth-order valence-electron chi connectivity index (χ4n) is 2.41. The van der Waals surface area contributed by atoms with E-state index in [1.165, 1.54) is 0 Å². The van der Waals surface area contributed by atoms with Crippen LogP contribution in [-0.4, -0.2) is 29.6 Å². The van der Waals surface area contributed by atoms with E-state index < -0.39 is 0 Å². The number of carbonyl (C=O) groups excluding carboxylic acids is 1. The average Bonchev–Trinajstić information content (AvgIpc) is 3.08. The van der Waals surface area contributed by atoms with Crippen LogP contribution in [0.5, 0.6) is 5.75 Å². The highest BCUT2D eigenvalue weighted by Gasteiger charge is 2.12. The highest BCUT2D eigenvalue weighted by atomic mass is 16.5. The summed E-state index contributed by atoms with van der Waals surface area (Å²) in [4.78, 5) is 20.3. The number of nitrogens with zero attached hydrogens (tertiary/aromatic N) is 2. The molecule has 0 aliphatic heterocycles. The largest absolute Gasteiger partial charge is 0.497 e. The molecule has 0 unspecified atom stereocenters. The lowest BCUT2D eigenvalue weighted by Gasteiger charge is -2.05. The van der Waals surface area contributed by atoms with Gasteiger partial charge in [0.15, 0.2) is 0 Å². The Kier molecular flexibility index (Phi) is 6.17. The quantitative estimate of drug-likeness (QED) is 0.659. The number of benzene rings is 1. The number of carbonyl (C=O) groups is 1. The van der Waals surface area contributed by atoms with E-state index in [9.17, 15) is 4.79 Å². The Balaban J connectivity index is 1.49. The van der Waals surface area contributed by atoms with Gasteiger partial charge in [-0.15, -0.1) is 0 Å². The van der Waals surface area contributed by atoms with Crippen LogP contribution in [0.3, 0.4) is 0 Å². The second-order valence-corrected chi connectivity index (χ2v) is 5.88.